The van der Waals surface area contributed by atoms with Crippen LogP contribution in [-0.2, 0) is 20.7 Å². The first-order valence-corrected chi connectivity index (χ1v) is 7.55. The second-order valence-electron chi connectivity index (χ2n) is 5.59. The second kappa shape index (κ2) is 8.05. The van der Waals surface area contributed by atoms with Crippen molar-refractivity contribution in [3.05, 3.63) is 29.8 Å². The van der Waals surface area contributed by atoms with Crippen molar-refractivity contribution in [2.75, 3.05) is 13.1 Å². The molecule has 6 nitrogen and oxygen atoms in total. The van der Waals surface area contributed by atoms with Gasteiger partial charge in [0.05, 0.1) is 12.6 Å². The van der Waals surface area contributed by atoms with E-state index in [4.69, 9.17) is 9.84 Å². The highest BCUT2D eigenvalue weighted by molar-refractivity contribution is 5.79. The molecule has 1 fully saturated rings. The van der Waals surface area contributed by atoms with Crippen molar-refractivity contribution in [1.82, 2.24) is 4.90 Å². The van der Waals surface area contributed by atoms with Crippen molar-refractivity contribution >= 4 is 11.9 Å². The number of rotatable bonds is 6. The standard InChI is InChI=1S/C16H19F2NO5/c1-10-8-19(9-13(23-10)15(21)22)14(20)7-4-11-2-5-12(6-3-11)24-16(17)18/h2-3,5-6,10,13,16H,4,7-9H2,1H3,(H,21,22)/t10-,13?/m1/s1. The van der Waals surface area contributed by atoms with Gasteiger partial charge in [-0.25, -0.2) is 4.79 Å². The number of carbonyl (C=O) groups is 2. The molecule has 0 spiro atoms. The van der Waals surface area contributed by atoms with Crippen LogP contribution in [0.5, 0.6) is 5.75 Å². The highest BCUT2D eigenvalue weighted by Crippen LogP contribution is 2.17. The first-order chi connectivity index (χ1) is 11.3. The summed E-state index contributed by atoms with van der Waals surface area (Å²) in [6.07, 6.45) is -0.719. The van der Waals surface area contributed by atoms with Gasteiger partial charge >= 0.3 is 12.6 Å². The average Bonchev–Trinajstić information content (AvgIpc) is 2.52. The Balaban J connectivity index is 1.87. The molecule has 1 aromatic carbocycles. The fourth-order valence-electron chi connectivity index (χ4n) is 2.54. The van der Waals surface area contributed by atoms with Gasteiger partial charge in [-0.2, -0.15) is 8.78 Å². The minimum Gasteiger partial charge on any atom is -0.479 e. The molecule has 1 aliphatic heterocycles. The number of alkyl halides is 2. The van der Waals surface area contributed by atoms with E-state index in [2.05, 4.69) is 4.74 Å². The first kappa shape index (κ1) is 18.1. The van der Waals surface area contributed by atoms with E-state index in [1.165, 1.54) is 17.0 Å². The molecule has 1 heterocycles. The van der Waals surface area contributed by atoms with Gasteiger partial charge in [0, 0.05) is 13.0 Å². The van der Waals surface area contributed by atoms with E-state index in [1.807, 2.05) is 0 Å². The van der Waals surface area contributed by atoms with Gasteiger partial charge in [0.1, 0.15) is 5.75 Å². The summed E-state index contributed by atoms with van der Waals surface area (Å²) < 4.78 is 33.7. The monoisotopic (exact) mass is 343 g/mol. The molecular weight excluding hydrogens is 324 g/mol. The molecule has 0 radical (unpaired) electrons. The van der Waals surface area contributed by atoms with Crippen LogP contribution >= 0.6 is 0 Å². The normalized spacial score (nSPS) is 20.9. The molecule has 24 heavy (non-hydrogen) atoms. The van der Waals surface area contributed by atoms with Gasteiger partial charge in [0.15, 0.2) is 6.10 Å². The lowest BCUT2D eigenvalue weighted by Crippen LogP contribution is -2.51. The summed E-state index contributed by atoms with van der Waals surface area (Å²) in [6, 6.07) is 6.08. The molecule has 132 valence electrons. The lowest BCUT2D eigenvalue weighted by molar-refractivity contribution is -0.166. The van der Waals surface area contributed by atoms with Crippen LogP contribution in [0.1, 0.15) is 18.9 Å². The van der Waals surface area contributed by atoms with Gasteiger partial charge in [0.25, 0.3) is 0 Å². The zero-order valence-corrected chi connectivity index (χ0v) is 13.2. The molecule has 0 saturated carbocycles. The number of carbonyl (C=O) groups excluding carboxylic acids is 1. The predicted octanol–water partition coefficient (Wildman–Crippen LogP) is 1.92. The van der Waals surface area contributed by atoms with E-state index in [9.17, 15) is 18.4 Å². The molecule has 1 aliphatic rings. The Bertz CT molecular complexity index is 578. The van der Waals surface area contributed by atoms with E-state index in [-0.39, 0.29) is 30.7 Å². The minimum atomic E-state index is -2.87. The summed E-state index contributed by atoms with van der Waals surface area (Å²) in [5, 5.41) is 9.02. The molecule has 0 bridgehead atoms. The lowest BCUT2D eigenvalue weighted by Gasteiger charge is -2.35. The number of hydrogen-bond acceptors (Lipinski definition) is 4. The number of aryl methyl sites for hydroxylation is 1. The van der Waals surface area contributed by atoms with Crippen molar-refractivity contribution in [3.8, 4) is 5.75 Å². The van der Waals surface area contributed by atoms with E-state index in [0.29, 0.717) is 13.0 Å². The first-order valence-electron chi connectivity index (χ1n) is 7.55. The number of carboxylic acid groups (broad SMARTS) is 1. The molecule has 1 unspecified atom stereocenters. The van der Waals surface area contributed by atoms with Crippen LogP contribution < -0.4 is 4.74 Å². The maximum atomic E-state index is 12.3. The molecule has 0 aromatic heterocycles. The van der Waals surface area contributed by atoms with Gasteiger partial charge in [-0.1, -0.05) is 12.1 Å². The van der Waals surface area contributed by atoms with Crippen LogP contribution in [0, 0.1) is 0 Å². The van der Waals surface area contributed by atoms with E-state index in [0.717, 1.165) is 5.56 Å². The van der Waals surface area contributed by atoms with Crippen molar-refractivity contribution in [2.45, 2.75) is 38.6 Å². The maximum Gasteiger partial charge on any atom is 0.387 e. The van der Waals surface area contributed by atoms with Crippen molar-refractivity contribution in [3.63, 3.8) is 0 Å². The third kappa shape index (κ3) is 5.16. The summed E-state index contributed by atoms with van der Waals surface area (Å²) in [4.78, 5) is 24.8. The van der Waals surface area contributed by atoms with Crippen LogP contribution in [0.25, 0.3) is 0 Å². The van der Waals surface area contributed by atoms with Crippen LogP contribution in [0.15, 0.2) is 24.3 Å². The van der Waals surface area contributed by atoms with Gasteiger partial charge in [-0.15, -0.1) is 0 Å². The van der Waals surface area contributed by atoms with Gasteiger partial charge in [0.2, 0.25) is 5.91 Å². The molecule has 1 aromatic rings. The largest absolute Gasteiger partial charge is 0.479 e. The summed E-state index contributed by atoms with van der Waals surface area (Å²) in [6.45, 7) is -0.775. The SMILES string of the molecule is C[C@@H]1CN(C(=O)CCc2ccc(OC(F)F)cc2)CC(C(=O)O)O1. The number of carboxylic acids is 1. The van der Waals surface area contributed by atoms with E-state index in [1.54, 1.807) is 19.1 Å². The van der Waals surface area contributed by atoms with Crippen molar-refractivity contribution in [2.24, 2.45) is 0 Å². The highest BCUT2D eigenvalue weighted by atomic mass is 19.3. The smallest absolute Gasteiger partial charge is 0.387 e. The molecular formula is C16H19F2NO5. The quantitative estimate of drug-likeness (QED) is 0.854. The maximum absolute atomic E-state index is 12.3. The fraction of sp³-hybridized carbons (Fsp3) is 0.500. The number of ether oxygens (including phenoxy) is 2. The fourth-order valence-corrected chi connectivity index (χ4v) is 2.54. The lowest BCUT2D eigenvalue weighted by atomic mass is 10.1. The number of amides is 1. The molecule has 2 atom stereocenters. The molecule has 2 rings (SSSR count). The Morgan fingerprint density at radius 2 is 2.00 bits per heavy atom. The molecule has 8 heteroatoms. The Labute approximate surface area is 138 Å². The minimum absolute atomic E-state index is 0.0275. The predicted molar refractivity (Wildman–Crippen MR) is 79.9 cm³/mol. The number of benzene rings is 1. The Morgan fingerprint density at radius 1 is 1.33 bits per heavy atom. The zero-order valence-electron chi connectivity index (χ0n) is 13.2. The van der Waals surface area contributed by atoms with Crippen molar-refractivity contribution < 1.29 is 33.0 Å². The number of nitrogens with zero attached hydrogens (tertiary/aromatic N) is 1. The van der Waals surface area contributed by atoms with Gasteiger partial charge in [-0.3, -0.25) is 4.79 Å². The number of halogens is 2. The van der Waals surface area contributed by atoms with E-state index < -0.39 is 18.7 Å². The summed E-state index contributed by atoms with van der Waals surface area (Å²) in [5.41, 5.74) is 0.807. The Kier molecular flexibility index (Phi) is 6.08. The molecule has 1 N–H and O–H groups in total. The topological polar surface area (TPSA) is 76.1 Å². The van der Waals surface area contributed by atoms with Crippen molar-refractivity contribution in [1.29, 1.82) is 0 Å². The van der Waals surface area contributed by atoms with Crippen LogP contribution in [0.4, 0.5) is 8.78 Å². The highest BCUT2D eigenvalue weighted by Gasteiger charge is 2.32. The number of hydrogen-bond donors (Lipinski definition) is 1. The van der Waals surface area contributed by atoms with Gasteiger partial charge in [-0.05, 0) is 31.0 Å². The number of morpholine rings is 1. The van der Waals surface area contributed by atoms with Crippen LogP contribution in [0.2, 0.25) is 0 Å². The molecule has 1 amide bonds. The molecule has 0 aliphatic carbocycles. The summed E-state index contributed by atoms with van der Waals surface area (Å²) in [7, 11) is 0. The summed E-state index contributed by atoms with van der Waals surface area (Å²) in [5.74, 6) is -1.19. The van der Waals surface area contributed by atoms with E-state index >= 15 is 0 Å². The Hall–Kier alpha value is -2.22. The molecule has 1 saturated heterocycles. The third-order valence-corrected chi connectivity index (χ3v) is 3.66. The third-order valence-electron chi connectivity index (χ3n) is 3.66. The second-order valence-corrected chi connectivity index (χ2v) is 5.59. The van der Waals surface area contributed by atoms with Crippen LogP contribution in [0.3, 0.4) is 0 Å². The average molecular weight is 343 g/mol. The van der Waals surface area contributed by atoms with Gasteiger partial charge < -0.3 is 19.5 Å². The Morgan fingerprint density at radius 3 is 2.58 bits per heavy atom. The van der Waals surface area contributed by atoms with Crippen LogP contribution in [-0.4, -0.2) is 53.8 Å². The number of aliphatic carboxylic acids is 1. The zero-order chi connectivity index (χ0) is 17.7. The summed E-state index contributed by atoms with van der Waals surface area (Å²) >= 11 is 0.